The molecule has 1 unspecified atom stereocenters. The van der Waals surface area contributed by atoms with Crippen LogP contribution < -0.4 is 0 Å². The third-order valence-electron chi connectivity index (χ3n) is 2.13. The normalized spacial score (nSPS) is 12.1. The third kappa shape index (κ3) is 6.04. The Morgan fingerprint density at radius 1 is 1.35 bits per heavy atom. The van der Waals surface area contributed by atoms with Gasteiger partial charge >= 0.3 is 5.97 Å². The zero-order valence-corrected chi connectivity index (χ0v) is 9.96. The van der Waals surface area contributed by atoms with Gasteiger partial charge < -0.3 is 14.6 Å². The molecule has 0 amide bonds. The van der Waals surface area contributed by atoms with E-state index < -0.39 is 12.1 Å². The van der Waals surface area contributed by atoms with E-state index in [2.05, 4.69) is 0 Å². The highest BCUT2D eigenvalue weighted by Gasteiger charge is 2.11. The number of carbonyl (C=O) groups excluding carboxylic acids is 1. The third-order valence-corrected chi connectivity index (χ3v) is 2.13. The number of ether oxygens (including phenoxy) is 2. The van der Waals surface area contributed by atoms with E-state index in [4.69, 9.17) is 9.47 Å². The Bertz CT molecular complexity index is 323. The summed E-state index contributed by atoms with van der Waals surface area (Å²) in [7, 11) is 0. The molecule has 0 saturated heterocycles. The summed E-state index contributed by atoms with van der Waals surface area (Å²) in [6.45, 7) is 2.63. The molecule has 1 rings (SSSR count). The Morgan fingerprint density at radius 3 is 2.71 bits per heavy atom. The number of benzene rings is 1. The number of aliphatic hydroxyl groups excluding tert-OH is 1. The number of hydrogen-bond donors (Lipinski definition) is 1. The quantitative estimate of drug-likeness (QED) is 0.732. The highest BCUT2D eigenvalue weighted by atomic mass is 16.5. The molecule has 0 aliphatic rings. The zero-order chi connectivity index (χ0) is 12.5. The van der Waals surface area contributed by atoms with Crippen LogP contribution in [0.3, 0.4) is 0 Å². The summed E-state index contributed by atoms with van der Waals surface area (Å²) in [4.78, 5) is 11.0. The summed E-state index contributed by atoms with van der Waals surface area (Å²) >= 11 is 0. The van der Waals surface area contributed by atoms with E-state index in [1.165, 1.54) is 0 Å². The average molecular weight is 238 g/mol. The van der Waals surface area contributed by atoms with Crippen molar-refractivity contribution in [2.45, 2.75) is 26.1 Å². The summed E-state index contributed by atoms with van der Waals surface area (Å²) < 4.78 is 10.0. The van der Waals surface area contributed by atoms with Crippen molar-refractivity contribution in [3.63, 3.8) is 0 Å². The molecular formula is C13H18O4. The van der Waals surface area contributed by atoms with Crippen LogP contribution in [0.5, 0.6) is 0 Å². The fourth-order valence-electron chi connectivity index (χ4n) is 1.36. The molecule has 1 N–H and O–H groups in total. The average Bonchev–Trinajstić information content (AvgIpc) is 2.30. The summed E-state index contributed by atoms with van der Waals surface area (Å²) in [5.74, 6) is -0.400. The molecule has 1 atom stereocenters. The van der Waals surface area contributed by atoms with Gasteiger partial charge in [-0.15, -0.1) is 0 Å². The lowest BCUT2D eigenvalue weighted by Gasteiger charge is -2.10. The van der Waals surface area contributed by atoms with Gasteiger partial charge in [-0.25, -0.2) is 0 Å². The van der Waals surface area contributed by atoms with E-state index in [9.17, 15) is 9.90 Å². The first-order valence-electron chi connectivity index (χ1n) is 5.67. The number of aliphatic hydroxyl groups is 1. The minimum absolute atomic E-state index is 0.0252. The van der Waals surface area contributed by atoms with Crippen molar-refractivity contribution in [2.24, 2.45) is 0 Å². The van der Waals surface area contributed by atoms with Gasteiger partial charge in [0, 0.05) is 0 Å². The van der Waals surface area contributed by atoms with Gasteiger partial charge in [0.15, 0.2) is 0 Å². The molecule has 0 fully saturated rings. The number of hydrogen-bond acceptors (Lipinski definition) is 4. The standard InChI is InChI=1S/C13H18O4/c1-2-17-13(15)8-12(14)10-16-9-11-6-4-3-5-7-11/h3-7,12,14H,2,8-10H2,1H3. The molecular weight excluding hydrogens is 220 g/mol. The molecule has 0 heterocycles. The van der Waals surface area contributed by atoms with Gasteiger partial charge in [-0.1, -0.05) is 30.3 Å². The van der Waals surface area contributed by atoms with Gasteiger partial charge in [0.2, 0.25) is 0 Å². The largest absolute Gasteiger partial charge is 0.466 e. The molecule has 0 radical (unpaired) electrons. The van der Waals surface area contributed by atoms with Crippen molar-refractivity contribution in [3.05, 3.63) is 35.9 Å². The molecule has 0 spiro atoms. The van der Waals surface area contributed by atoms with E-state index in [0.29, 0.717) is 13.2 Å². The van der Waals surface area contributed by atoms with Crippen molar-refractivity contribution < 1.29 is 19.4 Å². The molecule has 1 aromatic carbocycles. The number of rotatable bonds is 7. The fourth-order valence-corrected chi connectivity index (χ4v) is 1.36. The molecule has 0 aliphatic heterocycles. The van der Waals surface area contributed by atoms with Crippen LogP contribution in [-0.4, -0.2) is 30.4 Å². The van der Waals surface area contributed by atoms with Crippen LogP contribution in [0.2, 0.25) is 0 Å². The lowest BCUT2D eigenvalue weighted by molar-refractivity contribution is -0.146. The molecule has 1 aromatic rings. The van der Waals surface area contributed by atoms with Crippen LogP contribution in [-0.2, 0) is 20.9 Å². The molecule has 4 heteroatoms. The Hall–Kier alpha value is -1.39. The van der Waals surface area contributed by atoms with Gasteiger partial charge in [-0.05, 0) is 12.5 Å². The minimum atomic E-state index is -0.808. The van der Waals surface area contributed by atoms with Crippen LogP contribution in [0, 0.1) is 0 Å². The highest BCUT2D eigenvalue weighted by Crippen LogP contribution is 2.02. The van der Waals surface area contributed by atoms with Crippen molar-refractivity contribution in [1.82, 2.24) is 0 Å². The first-order valence-corrected chi connectivity index (χ1v) is 5.67. The number of carbonyl (C=O) groups is 1. The highest BCUT2D eigenvalue weighted by molar-refractivity contribution is 5.69. The zero-order valence-electron chi connectivity index (χ0n) is 9.96. The lowest BCUT2D eigenvalue weighted by atomic mass is 10.2. The summed E-state index contributed by atoms with van der Waals surface area (Å²) in [6, 6.07) is 9.66. The Kier molecular flexibility index (Phi) is 6.29. The van der Waals surface area contributed by atoms with Crippen LogP contribution >= 0.6 is 0 Å². The molecule has 94 valence electrons. The van der Waals surface area contributed by atoms with Crippen LogP contribution in [0.1, 0.15) is 18.9 Å². The Labute approximate surface area is 101 Å². The number of esters is 1. The van der Waals surface area contributed by atoms with Crippen molar-refractivity contribution in [3.8, 4) is 0 Å². The predicted octanol–water partition coefficient (Wildman–Crippen LogP) is 1.52. The van der Waals surface area contributed by atoms with Crippen molar-refractivity contribution in [1.29, 1.82) is 0 Å². The maximum Gasteiger partial charge on any atom is 0.308 e. The van der Waals surface area contributed by atoms with Gasteiger partial charge in [-0.3, -0.25) is 4.79 Å². The Morgan fingerprint density at radius 2 is 2.06 bits per heavy atom. The SMILES string of the molecule is CCOC(=O)CC(O)COCc1ccccc1. The fraction of sp³-hybridized carbons (Fsp3) is 0.462. The summed E-state index contributed by atoms with van der Waals surface area (Å²) in [5.41, 5.74) is 1.04. The van der Waals surface area contributed by atoms with Gasteiger partial charge in [0.05, 0.1) is 32.3 Å². The maximum atomic E-state index is 11.0. The van der Waals surface area contributed by atoms with Gasteiger partial charge in [-0.2, -0.15) is 0 Å². The van der Waals surface area contributed by atoms with Gasteiger partial charge in [0.25, 0.3) is 0 Å². The monoisotopic (exact) mass is 238 g/mol. The van der Waals surface area contributed by atoms with Crippen molar-refractivity contribution >= 4 is 5.97 Å². The topological polar surface area (TPSA) is 55.8 Å². The summed E-state index contributed by atoms with van der Waals surface area (Å²) in [5, 5.41) is 9.50. The first-order chi connectivity index (χ1) is 8.22. The molecule has 4 nitrogen and oxygen atoms in total. The van der Waals surface area contributed by atoms with Crippen molar-refractivity contribution in [2.75, 3.05) is 13.2 Å². The second-order valence-corrected chi connectivity index (χ2v) is 3.66. The summed E-state index contributed by atoms with van der Waals surface area (Å²) in [6.07, 6.45) is -0.833. The van der Waals surface area contributed by atoms with E-state index in [1.54, 1.807) is 6.92 Å². The van der Waals surface area contributed by atoms with Crippen LogP contribution in [0.25, 0.3) is 0 Å². The van der Waals surface area contributed by atoms with E-state index in [-0.39, 0.29) is 13.0 Å². The molecule has 0 saturated carbocycles. The van der Waals surface area contributed by atoms with E-state index in [0.717, 1.165) is 5.56 Å². The molecule has 0 bridgehead atoms. The molecule has 17 heavy (non-hydrogen) atoms. The first kappa shape index (κ1) is 13.7. The Balaban J connectivity index is 2.16. The molecule has 0 aliphatic carbocycles. The predicted molar refractivity (Wildman–Crippen MR) is 63.4 cm³/mol. The van der Waals surface area contributed by atoms with Gasteiger partial charge in [0.1, 0.15) is 0 Å². The smallest absolute Gasteiger partial charge is 0.308 e. The van der Waals surface area contributed by atoms with Crippen LogP contribution in [0.4, 0.5) is 0 Å². The lowest BCUT2D eigenvalue weighted by Crippen LogP contribution is -2.21. The second kappa shape index (κ2) is 7.81. The van der Waals surface area contributed by atoms with Crippen LogP contribution in [0.15, 0.2) is 30.3 Å². The maximum absolute atomic E-state index is 11.0. The van der Waals surface area contributed by atoms with E-state index in [1.807, 2.05) is 30.3 Å². The minimum Gasteiger partial charge on any atom is -0.466 e. The second-order valence-electron chi connectivity index (χ2n) is 3.66. The van der Waals surface area contributed by atoms with E-state index >= 15 is 0 Å². The molecule has 0 aromatic heterocycles.